The Balaban J connectivity index is 1.48. The summed E-state index contributed by atoms with van der Waals surface area (Å²) in [6.07, 6.45) is 0.895. The highest BCUT2D eigenvalue weighted by Crippen LogP contribution is 2.26. The minimum absolute atomic E-state index is 0.135. The number of morpholine rings is 1. The van der Waals surface area contributed by atoms with Crippen LogP contribution >= 0.6 is 0 Å². The Bertz CT molecular complexity index is 1050. The summed E-state index contributed by atoms with van der Waals surface area (Å²) in [6.45, 7) is 8.85. The summed E-state index contributed by atoms with van der Waals surface area (Å²) in [7, 11) is 0. The number of ether oxygens (including phenoxy) is 2. The second-order valence-electron chi connectivity index (χ2n) is 8.10. The zero-order valence-corrected chi connectivity index (χ0v) is 18.8. The lowest BCUT2D eigenvalue weighted by molar-refractivity contribution is -0.000570. The maximum Gasteiger partial charge on any atom is 0.270 e. The van der Waals surface area contributed by atoms with Crippen molar-refractivity contribution < 1.29 is 14.3 Å². The van der Waals surface area contributed by atoms with Crippen molar-refractivity contribution in [3.63, 3.8) is 0 Å². The second-order valence-corrected chi connectivity index (χ2v) is 8.10. The average molecular weight is 434 g/mol. The molecule has 1 amide bonds. The van der Waals surface area contributed by atoms with Gasteiger partial charge < -0.3 is 14.8 Å². The first-order valence-corrected chi connectivity index (χ1v) is 11.4. The van der Waals surface area contributed by atoms with E-state index in [9.17, 15) is 4.79 Å². The maximum absolute atomic E-state index is 13.1. The molecule has 4 rings (SSSR count). The SMILES string of the molecule is CCOc1ccc(-c2cc3ccccc3c(C(=O)NCCCN3CCOCC3C)n2)cc1. The quantitative estimate of drug-likeness (QED) is 0.541. The van der Waals surface area contributed by atoms with Crippen LogP contribution in [0, 0.1) is 0 Å². The fourth-order valence-corrected chi connectivity index (χ4v) is 4.07. The van der Waals surface area contributed by atoms with E-state index in [1.54, 1.807) is 0 Å². The number of carbonyl (C=O) groups is 1. The van der Waals surface area contributed by atoms with Crippen molar-refractivity contribution in [2.75, 3.05) is 39.5 Å². The highest BCUT2D eigenvalue weighted by molar-refractivity contribution is 6.06. The zero-order valence-electron chi connectivity index (χ0n) is 18.8. The van der Waals surface area contributed by atoms with Crippen LogP contribution in [-0.4, -0.2) is 61.3 Å². The summed E-state index contributed by atoms with van der Waals surface area (Å²) >= 11 is 0. The predicted molar refractivity (Wildman–Crippen MR) is 127 cm³/mol. The molecule has 1 aromatic heterocycles. The first kappa shape index (κ1) is 22.2. The largest absolute Gasteiger partial charge is 0.494 e. The molecule has 1 fully saturated rings. The number of carbonyl (C=O) groups excluding carboxylic acids is 1. The number of pyridine rings is 1. The lowest BCUT2D eigenvalue weighted by atomic mass is 10.0. The van der Waals surface area contributed by atoms with Gasteiger partial charge in [0.15, 0.2) is 0 Å². The van der Waals surface area contributed by atoms with Crippen molar-refractivity contribution in [2.24, 2.45) is 0 Å². The van der Waals surface area contributed by atoms with E-state index in [2.05, 4.69) is 17.1 Å². The number of benzene rings is 2. The van der Waals surface area contributed by atoms with Crippen LogP contribution in [0.5, 0.6) is 5.75 Å². The lowest BCUT2D eigenvalue weighted by Gasteiger charge is -2.33. The molecule has 32 heavy (non-hydrogen) atoms. The minimum atomic E-state index is -0.135. The third kappa shape index (κ3) is 5.26. The van der Waals surface area contributed by atoms with Gasteiger partial charge in [-0.15, -0.1) is 0 Å². The van der Waals surface area contributed by atoms with Crippen LogP contribution in [0.2, 0.25) is 0 Å². The predicted octanol–water partition coefficient (Wildman–Crippen LogP) is 4.14. The number of nitrogens with one attached hydrogen (secondary N) is 1. The first-order chi connectivity index (χ1) is 15.7. The van der Waals surface area contributed by atoms with Gasteiger partial charge in [0.1, 0.15) is 11.4 Å². The minimum Gasteiger partial charge on any atom is -0.494 e. The van der Waals surface area contributed by atoms with E-state index >= 15 is 0 Å². The molecule has 1 saturated heterocycles. The highest BCUT2D eigenvalue weighted by Gasteiger charge is 2.18. The van der Waals surface area contributed by atoms with Crippen LogP contribution in [0.15, 0.2) is 54.6 Å². The smallest absolute Gasteiger partial charge is 0.270 e. The van der Waals surface area contributed by atoms with Crippen molar-refractivity contribution >= 4 is 16.7 Å². The van der Waals surface area contributed by atoms with Crippen LogP contribution in [0.25, 0.3) is 22.0 Å². The molecule has 1 atom stereocenters. The van der Waals surface area contributed by atoms with E-state index in [-0.39, 0.29) is 5.91 Å². The summed E-state index contributed by atoms with van der Waals surface area (Å²) in [5.74, 6) is 0.689. The van der Waals surface area contributed by atoms with E-state index in [1.807, 2.05) is 61.5 Å². The molecule has 0 saturated carbocycles. The van der Waals surface area contributed by atoms with E-state index < -0.39 is 0 Å². The van der Waals surface area contributed by atoms with Gasteiger partial charge in [0.25, 0.3) is 5.91 Å². The maximum atomic E-state index is 13.1. The molecular weight excluding hydrogens is 402 g/mol. The highest BCUT2D eigenvalue weighted by atomic mass is 16.5. The number of hydrogen-bond donors (Lipinski definition) is 1. The molecule has 1 unspecified atom stereocenters. The van der Waals surface area contributed by atoms with Gasteiger partial charge in [-0.25, -0.2) is 4.98 Å². The monoisotopic (exact) mass is 433 g/mol. The zero-order chi connectivity index (χ0) is 22.3. The van der Waals surface area contributed by atoms with Gasteiger partial charge in [-0.2, -0.15) is 0 Å². The van der Waals surface area contributed by atoms with Gasteiger partial charge in [-0.3, -0.25) is 9.69 Å². The van der Waals surface area contributed by atoms with Crippen molar-refractivity contribution in [1.29, 1.82) is 0 Å². The molecule has 0 spiro atoms. The van der Waals surface area contributed by atoms with Crippen LogP contribution in [-0.2, 0) is 4.74 Å². The molecule has 3 aromatic rings. The van der Waals surface area contributed by atoms with Crippen LogP contribution < -0.4 is 10.1 Å². The summed E-state index contributed by atoms with van der Waals surface area (Å²) in [5.41, 5.74) is 2.19. The molecule has 0 radical (unpaired) electrons. The van der Waals surface area contributed by atoms with Crippen molar-refractivity contribution in [3.8, 4) is 17.0 Å². The molecule has 1 aliphatic heterocycles. The Morgan fingerprint density at radius 2 is 2.03 bits per heavy atom. The molecule has 2 aromatic carbocycles. The lowest BCUT2D eigenvalue weighted by Crippen LogP contribution is -2.44. The molecule has 1 aliphatic rings. The number of hydrogen-bond acceptors (Lipinski definition) is 5. The Hall–Kier alpha value is -2.96. The number of rotatable bonds is 8. The van der Waals surface area contributed by atoms with Crippen molar-refractivity contribution in [3.05, 3.63) is 60.3 Å². The molecule has 2 heterocycles. The van der Waals surface area contributed by atoms with Gasteiger partial charge in [0.05, 0.1) is 25.5 Å². The van der Waals surface area contributed by atoms with E-state index in [4.69, 9.17) is 14.5 Å². The number of fused-ring (bicyclic) bond motifs is 1. The Morgan fingerprint density at radius 1 is 1.22 bits per heavy atom. The molecule has 0 bridgehead atoms. The third-order valence-electron chi connectivity index (χ3n) is 5.83. The topological polar surface area (TPSA) is 63.7 Å². The van der Waals surface area contributed by atoms with Crippen LogP contribution in [0.1, 0.15) is 30.8 Å². The number of nitrogens with zero attached hydrogens (tertiary/aromatic N) is 2. The van der Waals surface area contributed by atoms with Gasteiger partial charge in [-0.1, -0.05) is 24.3 Å². The van der Waals surface area contributed by atoms with Crippen LogP contribution in [0.3, 0.4) is 0 Å². The Labute approximate surface area is 189 Å². The normalized spacial score (nSPS) is 16.8. The number of aromatic nitrogens is 1. The molecule has 6 nitrogen and oxygen atoms in total. The Kier molecular flexibility index (Phi) is 7.35. The summed E-state index contributed by atoms with van der Waals surface area (Å²) in [4.78, 5) is 20.2. The fourth-order valence-electron chi connectivity index (χ4n) is 4.07. The molecule has 0 aliphatic carbocycles. The molecule has 6 heteroatoms. The summed E-state index contributed by atoms with van der Waals surface area (Å²) in [6, 6.07) is 18.2. The standard InChI is InChI=1S/C26H31N3O3/c1-3-32-22-11-9-20(10-12-22)24-17-21-7-4-5-8-23(21)25(28-24)26(30)27-13-6-14-29-15-16-31-18-19(29)2/h4-5,7-12,17,19H,3,6,13-16,18H2,1-2H3,(H,27,30). The van der Waals surface area contributed by atoms with Gasteiger partial charge in [0, 0.05) is 36.6 Å². The van der Waals surface area contributed by atoms with E-state index in [1.165, 1.54) is 0 Å². The number of amides is 1. The summed E-state index contributed by atoms with van der Waals surface area (Å²) < 4.78 is 11.0. The molecule has 1 N–H and O–H groups in total. The second kappa shape index (κ2) is 10.6. The first-order valence-electron chi connectivity index (χ1n) is 11.4. The van der Waals surface area contributed by atoms with Crippen molar-refractivity contribution in [1.82, 2.24) is 15.2 Å². The van der Waals surface area contributed by atoms with E-state index in [0.717, 1.165) is 60.5 Å². The Morgan fingerprint density at radius 3 is 2.81 bits per heavy atom. The van der Waals surface area contributed by atoms with Gasteiger partial charge in [-0.05, 0) is 56.0 Å². The third-order valence-corrected chi connectivity index (χ3v) is 5.83. The summed E-state index contributed by atoms with van der Waals surface area (Å²) in [5, 5.41) is 4.93. The molecule has 168 valence electrons. The average Bonchev–Trinajstić information content (AvgIpc) is 2.82. The molecular formula is C26H31N3O3. The van der Waals surface area contributed by atoms with Crippen LogP contribution in [0.4, 0.5) is 0 Å². The fraction of sp³-hybridized carbons (Fsp3) is 0.385. The van der Waals surface area contributed by atoms with Gasteiger partial charge >= 0.3 is 0 Å². The van der Waals surface area contributed by atoms with Crippen molar-refractivity contribution in [2.45, 2.75) is 26.3 Å². The van der Waals surface area contributed by atoms with Gasteiger partial charge in [0.2, 0.25) is 0 Å². The van der Waals surface area contributed by atoms with E-state index in [0.29, 0.717) is 24.9 Å².